The summed E-state index contributed by atoms with van der Waals surface area (Å²) < 4.78 is 44.4. The predicted molar refractivity (Wildman–Crippen MR) is 461 cm³/mol. The van der Waals surface area contributed by atoms with E-state index in [-0.39, 0.29) is 107 Å². The van der Waals surface area contributed by atoms with Crippen LogP contribution in [0.25, 0.3) is 10.9 Å². The number of aldehydes is 2. The molecule has 8 rings (SSSR count). The number of likely N-dealkylation sites (tertiary alicyclic amines) is 2. The van der Waals surface area contributed by atoms with E-state index >= 15 is 19.2 Å². The minimum absolute atomic E-state index is 0.0400. The quantitative estimate of drug-likeness (QED) is 0.0193. The third-order valence-corrected chi connectivity index (χ3v) is 23.6. The number of carboxylic acids is 1. The Hall–Kier alpha value is -12.1. The number of fused-ring (bicyclic) bond motifs is 1. The highest BCUT2D eigenvalue weighted by molar-refractivity contribution is 8.00. The topological polar surface area (TPSA) is 485 Å². The Morgan fingerprint density at radius 2 is 1.08 bits per heavy atom. The maximum absolute atomic E-state index is 15.3. The van der Waals surface area contributed by atoms with Crippen molar-refractivity contribution >= 4 is 112 Å². The molecule has 5 aromatic carbocycles. The number of para-hydroxylation sites is 1. The van der Waals surface area contributed by atoms with E-state index in [0.29, 0.717) is 77.3 Å². The smallest absolute Gasteiger partial charge is 0.305 e. The van der Waals surface area contributed by atoms with Crippen molar-refractivity contribution in [1.29, 1.82) is 0 Å². The Labute approximate surface area is 732 Å². The van der Waals surface area contributed by atoms with Crippen molar-refractivity contribution in [3.63, 3.8) is 0 Å². The number of phenolic OH excluding ortho intramolecular Hbond substituents is 1. The van der Waals surface area contributed by atoms with Gasteiger partial charge in [0.05, 0.1) is 30.3 Å². The van der Waals surface area contributed by atoms with Crippen LogP contribution < -0.4 is 48.7 Å². The molecule has 126 heavy (non-hydrogen) atoms. The van der Waals surface area contributed by atoms with E-state index in [2.05, 4.69) is 42.2 Å². The summed E-state index contributed by atoms with van der Waals surface area (Å²) in [4.78, 5) is 221. The SMILES string of the molecule is CCCC[C@@H](C(=O)N1CCC[C@@H]1C(=O)N[C@H](C=O)CC(=O)O)N(C)C(=O)[C@H](Cc1ccccc1)N(C)C(=O)[C@H](Cc1cc(F)c(F)c(F)c1)NC(=O)CSC[C@@H](C=O)NC(=O)[C@H](CCO)NC(=O)[C@H](Cc1ccc(O)cc1)NC(=O)[C@H](Cc1c[nH]c2ccccc12)NC(=O)[C@H]1CCCN1C(=O)[C@H](CCCN)NC(=O)[C@H](Cc1ccccc1)N(C)C(=O)[C@@H](N)C(C)C. The van der Waals surface area contributed by atoms with Gasteiger partial charge in [-0.1, -0.05) is 125 Å². The summed E-state index contributed by atoms with van der Waals surface area (Å²) in [7, 11) is 4.02. The van der Waals surface area contributed by atoms with E-state index in [4.69, 9.17) is 11.5 Å². The number of rotatable bonds is 48. The number of aromatic hydroxyl groups is 1. The Kier molecular flexibility index (Phi) is 38.2. The molecule has 0 radical (unpaired) electrons. The zero-order chi connectivity index (χ0) is 92.0. The van der Waals surface area contributed by atoms with Gasteiger partial charge in [-0.25, -0.2) is 13.2 Å². The number of unbranched alkanes of at least 4 members (excludes halogenated alkanes) is 1. The highest BCUT2D eigenvalue weighted by Crippen LogP contribution is 2.28. The van der Waals surface area contributed by atoms with Crippen molar-refractivity contribution in [2.45, 2.75) is 202 Å². The number of nitrogens with one attached hydrogen (secondary N) is 8. The number of aliphatic carboxylic acids is 1. The molecule has 6 aromatic rings. The number of phenols is 1. The van der Waals surface area contributed by atoms with Crippen molar-refractivity contribution in [2.24, 2.45) is 17.4 Å². The first-order valence-corrected chi connectivity index (χ1v) is 43.2. The van der Waals surface area contributed by atoms with Crippen LogP contribution in [0.1, 0.15) is 119 Å². The molecule has 2 aliphatic rings. The zero-order valence-electron chi connectivity index (χ0n) is 71.3. The van der Waals surface area contributed by atoms with Gasteiger partial charge in [-0.05, 0) is 122 Å². The second-order valence-electron chi connectivity index (χ2n) is 32.0. The number of aliphatic hydroxyl groups is 1. The minimum Gasteiger partial charge on any atom is -0.508 e. The Balaban J connectivity index is 0.987. The molecule has 33 nitrogen and oxygen atoms in total. The van der Waals surface area contributed by atoms with Gasteiger partial charge in [0.1, 0.15) is 78.7 Å². The number of nitrogens with zero attached hydrogens (tertiary/aromatic N) is 5. The van der Waals surface area contributed by atoms with Crippen LogP contribution in [0.2, 0.25) is 0 Å². The maximum Gasteiger partial charge on any atom is 0.305 e. The van der Waals surface area contributed by atoms with Crippen molar-refractivity contribution in [2.75, 3.05) is 58.9 Å². The van der Waals surface area contributed by atoms with Crippen LogP contribution >= 0.6 is 11.8 Å². The number of likely N-dealkylation sites (N-methyl/N-ethyl adjacent to an activating group) is 3. The van der Waals surface area contributed by atoms with Gasteiger partial charge in [-0.15, -0.1) is 11.8 Å². The molecule has 37 heteroatoms. The molecule has 0 unspecified atom stereocenters. The number of thioether (sulfide) groups is 1. The monoisotopic (exact) mass is 1770 g/mol. The van der Waals surface area contributed by atoms with Gasteiger partial charge in [-0.3, -0.25) is 62.3 Å². The standard InChI is InChI=1S/C89H114F3N15O18S/c1-7-8-27-72(88(124)107-37-19-28-70(107)82(118)96-58(48-109)46-76(113)114)103(4)87(123)74(44-54-22-13-10-14-23-54)105(6)85(121)69(42-56-39-62(90)77(92)63(91)40-56)98-75(112)51-126-50-59(49-110)97-79(115)65(34-38-108)99-80(116)67(41-55-30-32-60(111)33-31-55)101-81(117)68(45-57-47-95-64-25-16-15-24-61(57)64)102-83(119)71-29-18-36-106(71)86(122)66(26-17-35-93)100-84(120)73(43-53-20-11-9-12-21-53)104(5)89(125)78(94)52(2)3/h9-16,20-25,30-33,39-40,47-49,52,58-59,65-74,78,95,108,111H,7-8,17-19,26-29,34-38,41-46,50-51,93-94H2,1-6H3,(H,96,118)(H,97,115)(H,98,112)(H,99,116)(H,100,120)(H,101,117)(H,102,119)(H,113,114)/t58-,59+,65-,66-,67-,68-,69-,70+,71+,72-,73-,74-,78-/m0/s1. The van der Waals surface area contributed by atoms with E-state index in [0.717, 1.165) is 21.6 Å². The van der Waals surface area contributed by atoms with Crippen molar-refractivity contribution < 1.29 is 100 Å². The lowest BCUT2D eigenvalue weighted by Crippen LogP contribution is -2.60. The van der Waals surface area contributed by atoms with Crippen molar-refractivity contribution in [1.82, 2.24) is 66.7 Å². The Morgan fingerprint density at radius 1 is 0.556 bits per heavy atom. The van der Waals surface area contributed by atoms with Gasteiger partial charge in [0.25, 0.3) is 0 Å². The molecule has 2 saturated heterocycles. The van der Waals surface area contributed by atoms with Gasteiger partial charge >= 0.3 is 5.97 Å². The van der Waals surface area contributed by atoms with E-state index in [9.17, 15) is 81.2 Å². The number of hydrogen-bond donors (Lipinski definition) is 13. The van der Waals surface area contributed by atoms with Crippen LogP contribution in [0.5, 0.6) is 5.75 Å². The van der Waals surface area contributed by atoms with E-state index in [1.165, 1.54) is 60.1 Å². The second-order valence-corrected chi connectivity index (χ2v) is 33.0. The van der Waals surface area contributed by atoms with Crippen LogP contribution in [-0.4, -0.2) is 272 Å². The summed E-state index contributed by atoms with van der Waals surface area (Å²) >= 11 is 0.739. The fraction of sp³-hybridized carbons (Fsp3) is 0.472. The number of H-pyrrole nitrogens is 1. The third kappa shape index (κ3) is 27.7. The van der Waals surface area contributed by atoms with Gasteiger partial charge in [0.15, 0.2) is 17.5 Å². The van der Waals surface area contributed by atoms with Gasteiger partial charge < -0.3 is 103 Å². The number of aromatic amines is 1. The van der Waals surface area contributed by atoms with Gasteiger partial charge in [-0.2, -0.15) is 0 Å². The molecule has 12 amide bonds. The number of carboxylic acid groups (broad SMARTS) is 1. The van der Waals surface area contributed by atoms with Crippen molar-refractivity contribution in [3.05, 3.63) is 173 Å². The molecule has 0 aliphatic carbocycles. The first kappa shape index (κ1) is 99.3. The minimum atomic E-state index is -1.83. The average molecular weight is 1770 g/mol. The number of carbonyl (C=O) groups is 15. The fourth-order valence-electron chi connectivity index (χ4n) is 15.3. The first-order chi connectivity index (χ1) is 60.2. The molecular weight excluding hydrogens is 1660 g/mol. The molecule has 680 valence electrons. The lowest BCUT2D eigenvalue weighted by molar-refractivity contribution is -0.152. The zero-order valence-corrected chi connectivity index (χ0v) is 72.1. The molecule has 0 saturated carbocycles. The Bertz CT molecular complexity index is 4760. The van der Waals surface area contributed by atoms with Crippen LogP contribution in [-0.2, 0) is 104 Å². The number of amides is 12. The number of halogens is 3. The number of nitrogens with two attached hydrogens (primary N) is 2. The summed E-state index contributed by atoms with van der Waals surface area (Å²) in [5.41, 5.74) is 14.8. The Morgan fingerprint density at radius 3 is 1.66 bits per heavy atom. The second kappa shape index (κ2) is 48.4. The van der Waals surface area contributed by atoms with Crippen LogP contribution in [0.15, 0.2) is 128 Å². The van der Waals surface area contributed by atoms with E-state index < -0.39 is 204 Å². The van der Waals surface area contributed by atoms with Crippen molar-refractivity contribution in [3.8, 4) is 5.75 Å². The molecule has 13 atom stereocenters. The van der Waals surface area contributed by atoms with Crippen LogP contribution in [0.3, 0.4) is 0 Å². The normalized spacial score (nSPS) is 16.4. The van der Waals surface area contributed by atoms with Crippen LogP contribution in [0.4, 0.5) is 13.2 Å². The summed E-state index contributed by atoms with van der Waals surface area (Å²) in [5.74, 6) is -17.7. The summed E-state index contributed by atoms with van der Waals surface area (Å²) in [5, 5.41) is 49.1. The number of hydrogen-bond acceptors (Lipinski definition) is 20. The summed E-state index contributed by atoms with van der Waals surface area (Å²) in [6.07, 6.45) is 1.81. The molecule has 15 N–H and O–H groups in total. The number of benzene rings is 5. The molecule has 2 aliphatic heterocycles. The predicted octanol–water partition coefficient (Wildman–Crippen LogP) is 2.56. The molecular formula is C89H114F3N15O18S. The van der Waals surface area contributed by atoms with Gasteiger partial charge in [0.2, 0.25) is 70.9 Å². The third-order valence-electron chi connectivity index (χ3n) is 22.5. The summed E-state index contributed by atoms with van der Waals surface area (Å²) in [6.45, 7) is 4.88. The first-order valence-electron chi connectivity index (χ1n) is 42.0. The average Bonchev–Trinajstić information content (AvgIpc) is 1.39. The molecule has 3 heterocycles. The van der Waals surface area contributed by atoms with E-state index in [1.54, 1.807) is 105 Å². The highest BCUT2D eigenvalue weighted by atomic mass is 32.2. The fourth-order valence-corrected chi connectivity index (χ4v) is 16.2. The maximum atomic E-state index is 15.3. The lowest BCUT2D eigenvalue weighted by Gasteiger charge is -2.38. The number of carbonyl (C=O) groups excluding carboxylic acids is 14. The largest absolute Gasteiger partial charge is 0.508 e. The lowest BCUT2D eigenvalue weighted by atomic mass is 9.99. The van der Waals surface area contributed by atoms with Gasteiger partial charge in [0, 0.05) is 95.8 Å². The van der Waals surface area contributed by atoms with Crippen LogP contribution in [0, 0.1) is 23.4 Å². The van der Waals surface area contributed by atoms with E-state index in [1.807, 2.05) is 6.92 Å². The molecule has 0 bridgehead atoms. The summed E-state index contributed by atoms with van der Waals surface area (Å²) in [6, 6.07) is 13.3. The molecule has 0 spiro atoms. The highest BCUT2D eigenvalue weighted by Gasteiger charge is 2.45. The molecule has 1 aromatic heterocycles. The molecule has 2 fully saturated rings. The number of aliphatic hydroxyl groups excluding tert-OH is 1. The number of aromatic nitrogens is 1.